The SMILES string of the molecule is C=C(CCOS(C)(=O)=O)c1ccc2c(c1)OCO2. The van der Waals surface area contributed by atoms with Crippen LogP contribution in [0, 0.1) is 0 Å². The molecule has 0 unspecified atom stereocenters. The van der Waals surface area contributed by atoms with Crippen molar-refractivity contribution in [2.75, 3.05) is 19.7 Å². The molecule has 5 nitrogen and oxygen atoms in total. The van der Waals surface area contributed by atoms with Gasteiger partial charge in [0.2, 0.25) is 6.79 Å². The molecule has 0 N–H and O–H groups in total. The molecule has 1 aliphatic heterocycles. The second-order valence-corrected chi connectivity index (χ2v) is 5.59. The van der Waals surface area contributed by atoms with Crippen LogP contribution < -0.4 is 9.47 Å². The third-order valence-electron chi connectivity index (χ3n) is 2.48. The summed E-state index contributed by atoms with van der Waals surface area (Å²) >= 11 is 0. The Labute approximate surface area is 106 Å². The van der Waals surface area contributed by atoms with Gasteiger partial charge in [-0.3, -0.25) is 4.18 Å². The highest BCUT2D eigenvalue weighted by molar-refractivity contribution is 7.85. The van der Waals surface area contributed by atoms with E-state index in [0.29, 0.717) is 17.9 Å². The second kappa shape index (κ2) is 4.99. The van der Waals surface area contributed by atoms with Crippen LogP contribution in [0.4, 0.5) is 0 Å². The van der Waals surface area contributed by atoms with E-state index >= 15 is 0 Å². The summed E-state index contributed by atoms with van der Waals surface area (Å²) in [7, 11) is -3.40. The Morgan fingerprint density at radius 2 is 2.11 bits per heavy atom. The predicted molar refractivity (Wildman–Crippen MR) is 67.0 cm³/mol. The van der Waals surface area contributed by atoms with Crippen molar-refractivity contribution in [3.8, 4) is 11.5 Å². The molecule has 6 heteroatoms. The van der Waals surface area contributed by atoms with Gasteiger partial charge >= 0.3 is 0 Å². The molecule has 1 heterocycles. The van der Waals surface area contributed by atoms with Gasteiger partial charge in [0, 0.05) is 0 Å². The highest BCUT2D eigenvalue weighted by atomic mass is 32.2. The first kappa shape index (κ1) is 12.9. The molecule has 0 bridgehead atoms. The third-order valence-corrected chi connectivity index (χ3v) is 3.08. The van der Waals surface area contributed by atoms with Gasteiger partial charge in [-0.25, -0.2) is 0 Å². The molecule has 0 aromatic heterocycles. The molecule has 0 fully saturated rings. The normalized spacial score (nSPS) is 13.6. The zero-order chi connectivity index (χ0) is 13.2. The monoisotopic (exact) mass is 270 g/mol. The molecule has 1 aromatic rings. The van der Waals surface area contributed by atoms with E-state index in [4.69, 9.17) is 9.47 Å². The van der Waals surface area contributed by atoms with Crippen LogP contribution in [0.25, 0.3) is 5.57 Å². The van der Waals surface area contributed by atoms with Crippen molar-refractivity contribution in [1.29, 1.82) is 0 Å². The minimum atomic E-state index is -3.40. The van der Waals surface area contributed by atoms with Crippen molar-refractivity contribution >= 4 is 15.7 Å². The van der Waals surface area contributed by atoms with Crippen LogP contribution >= 0.6 is 0 Å². The summed E-state index contributed by atoms with van der Waals surface area (Å²) in [4.78, 5) is 0. The van der Waals surface area contributed by atoms with E-state index in [9.17, 15) is 8.42 Å². The summed E-state index contributed by atoms with van der Waals surface area (Å²) < 4.78 is 36.8. The van der Waals surface area contributed by atoms with Crippen LogP contribution in [0.1, 0.15) is 12.0 Å². The summed E-state index contributed by atoms with van der Waals surface area (Å²) in [5.74, 6) is 1.39. The molecule has 1 aromatic carbocycles. The highest BCUT2D eigenvalue weighted by Crippen LogP contribution is 2.34. The Balaban J connectivity index is 1.97. The van der Waals surface area contributed by atoms with E-state index in [1.165, 1.54) is 0 Å². The average Bonchev–Trinajstić information content (AvgIpc) is 2.73. The summed E-state index contributed by atoms with van der Waals surface area (Å²) in [6.07, 6.45) is 1.46. The molecule has 0 atom stereocenters. The average molecular weight is 270 g/mol. The lowest BCUT2D eigenvalue weighted by Crippen LogP contribution is -2.04. The van der Waals surface area contributed by atoms with Gasteiger partial charge in [-0.15, -0.1) is 0 Å². The van der Waals surface area contributed by atoms with Crippen LogP contribution in [0.15, 0.2) is 24.8 Å². The Bertz CT molecular complexity index is 562. The molecule has 1 aliphatic rings. The quantitative estimate of drug-likeness (QED) is 0.763. The number of fused-ring (bicyclic) bond motifs is 1. The number of ether oxygens (including phenoxy) is 2. The number of hydrogen-bond donors (Lipinski definition) is 0. The van der Waals surface area contributed by atoms with Crippen molar-refractivity contribution in [2.45, 2.75) is 6.42 Å². The lowest BCUT2D eigenvalue weighted by molar-refractivity contribution is 0.174. The summed E-state index contributed by atoms with van der Waals surface area (Å²) in [6.45, 7) is 4.21. The molecule has 0 aliphatic carbocycles. The van der Waals surface area contributed by atoms with Gasteiger partial charge in [-0.2, -0.15) is 8.42 Å². The number of benzene rings is 1. The fourth-order valence-electron chi connectivity index (χ4n) is 1.58. The Morgan fingerprint density at radius 3 is 2.83 bits per heavy atom. The zero-order valence-corrected chi connectivity index (χ0v) is 10.8. The van der Waals surface area contributed by atoms with Crippen LogP contribution in [-0.2, 0) is 14.3 Å². The van der Waals surface area contributed by atoms with E-state index < -0.39 is 10.1 Å². The summed E-state index contributed by atoms with van der Waals surface area (Å²) in [5, 5.41) is 0. The van der Waals surface area contributed by atoms with Crippen molar-refractivity contribution in [1.82, 2.24) is 0 Å². The molecule has 0 spiro atoms. The molecule has 18 heavy (non-hydrogen) atoms. The maximum Gasteiger partial charge on any atom is 0.264 e. The predicted octanol–water partition coefficient (Wildman–Crippen LogP) is 1.79. The number of hydrogen-bond acceptors (Lipinski definition) is 5. The summed E-state index contributed by atoms with van der Waals surface area (Å²) in [6, 6.07) is 5.49. The van der Waals surface area contributed by atoms with Gasteiger partial charge < -0.3 is 9.47 Å². The largest absolute Gasteiger partial charge is 0.454 e. The fraction of sp³-hybridized carbons (Fsp3) is 0.333. The van der Waals surface area contributed by atoms with Crippen molar-refractivity contribution in [3.63, 3.8) is 0 Å². The van der Waals surface area contributed by atoms with Crippen molar-refractivity contribution < 1.29 is 22.1 Å². The lowest BCUT2D eigenvalue weighted by Gasteiger charge is -2.07. The molecule has 0 radical (unpaired) electrons. The van der Waals surface area contributed by atoms with E-state index in [2.05, 4.69) is 10.8 Å². The minimum absolute atomic E-state index is 0.0894. The van der Waals surface area contributed by atoms with Gasteiger partial charge in [0.15, 0.2) is 11.5 Å². The first-order valence-electron chi connectivity index (χ1n) is 5.38. The first-order valence-corrected chi connectivity index (χ1v) is 7.19. The van der Waals surface area contributed by atoms with Gasteiger partial charge in [-0.1, -0.05) is 12.6 Å². The second-order valence-electron chi connectivity index (χ2n) is 3.95. The fourth-order valence-corrected chi connectivity index (χ4v) is 1.96. The van der Waals surface area contributed by atoms with Gasteiger partial charge in [-0.05, 0) is 29.7 Å². The Morgan fingerprint density at radius 1 is 1.39 bits per heavy atom. The minimum Gasteiger partial charge on any atom is -0.454 e. The van der Waals surface area contributed by atoms with Crippen molar-refractivity contribution in [2.24, 2.45) is 0 Å². The third kappa shape index (κ3) is 3.24. The molecule has 0 saturated heterocycles. The van der Waals surface area contributed by atoms with Gasteiger partial charge in [0.1, 0.15) is 0 Å². The molecule has 2 rings (SSSR count). The zero-order valence-electron chi connectivity index (χ0n) is 10.0. The van der Waals surface area contributed by atoms with Crippen LogP contribution in [-0.4, -0.2) is 28.1 Å². The number of rotatable bonds is 5. The standard InChI is InChI=1S/C12H14O5S/c1-9(5-6-17-18(2,13)14)10-3-4-11-12(7-10)16-8-15-11/h3-4,7H,1,5-6,8H2,2H3. The maximum atomic E-state index is 10.8. The molecule has 0 amide bonds. The van der Waals surface area contributed by atoms with Gasteiger partial charge in [0.05, 0.1) is 12.9 Å². The van der Waals surface area contributed by atoms with Crippen molar-refractivity contribution in [3.05, 3.63) is 30.3 Å². The van der Waals surface area contributed by atoms with E-state index in [1.807, 2.05) is 12.1 Å². The van der Waals surface area contributed by atoms with Crippen LogP contribution in [0.5, 0.6) is 11.5 Å². The molecule has 98 valence electrons. The van der Waals surface area contributed by atoms with Crippen LogP contribution in [0.2, 0.25) is 0 Å². The smallest absolute Gasteiger partial charge is 0.264 e. The maximum absolute atomic E-state index is 10.8. The molecular weight excluding hydrogens is 256 g/mol. The molecule has 0 saturated carbocycles. The summed E-state index contributed by atoms with van der Waals surface area (Å²) in [5.41, 5.74) is 1.67. The Kier molecular flexibility index (Phi) is 3.58. The van der Waals surface area contributed by atoms with E-state index in [0.717, 1.165) is 17.4 Å². The molecular formula is C12H14O5S. The lowest BCUT2D eigenvalue weighted by atomic mass is 10.0. The first-order chi connectivity index (χ1) is 8.46. The van der Waals surface area contributed by atoms with Gasteiger partial charge in [0.25, 0.3) is 10.1 Å². The Hall–Kier alpha value is -1.53. The van der Waals surface area contributed by atoms with Crippen LogP contribution in [0.3, 0.4) is 0 Å². The topological polar surface area (TPSA) is 61.8 Å². The van der Waals surface area contributed by atoms with E-state index in [-0.39, 0.29) is 13.4 Å². The highest BCUT2D eigenvalue weighted by Gasteiger charge is 2.14. The van der Waals surface area contributed by atoms with E-state index in [1.54, 1.807) is 6.07 Å².